The lowest BCUT2D eigenvalue weighted by Gasteiger charge is -2.07. The molecule has 1 aromatic carbocycles. The van der Waals surface area contributed by atoms with Crippen molar-refractivity contribution < 1.29 is 4.74 Å². The number of rotatable bonds is 3. The topological polar surface area (TPSA) is 65.7 Å². The SMILES string of the molecule is Cc1ccc(Oc2nc(Cl)nc(-n3cccn3)n2)cc1C. The van der Waals surface area contributed by atoms with Gasteiger partial charge in [0.2, 0.25) is 5.28 Å². The van der Waals surface area contributed by atoms with Gasteiger partial charge in [0, 0.05) is 12.4 Å². The van der Waals surface area contributed by atoms with E-state index in [1.165, 1.54) is 10.2 Å². The Morgan fingerprint density at radius 1 is 1.10 bits per heavy atom. The van der Waals surface area contributed by atoms with Crippen molar-refractivity contribution in [1.82, 2.24) is 24.7 Å². The van der Waals surface area contributed by atoms with Gasteiger partial charge in [-0.2, -0.15) is 20.1 Å². The first-order chi connectivity index (χ1) is 10.1. The van der Waals surface area contributed by atoms with E-state index >= 15 is 0 Å². The van der Waals surface area contributed by atoms with Gasteiger partial charge >= 0.3 is 6.01 Å². The maximum atomic E-state index is 5.91. The highest BCUT2D eigenvalue weighted by atomic mass is 35.5. The molecule has 21 heavy (non-hydrogen) atoms. The summed E-state index contributed by atoms with van der Waals surface area (Å²) >= 11 is 5.91. The van der Waals surface area contributed by atoms with Gasteiger partial charge in [0.15, 0.2) is 0 Å². The molecule has 0 aliphatic carbocycles. The normalized spacial score (nSPS) is 10.6. The first kappa shape index (κ1) is 13.5. The van der Waals surface area contributed by atoms with Gasteiger partial charge in [-0.05, 0) is 54.8 Å². The monoisotopic (exact) mass is 301 g/mol. The molecular weight excluding hydrogens is 290 g/mol. The van der Waals surface area contributed by atoms with Crippen molar-refractivity contribution >= 4 is 11.6 Å². The van der Waals surface area contributed by atoms with Gasteiger partial charge in [-0.3, -0.25) is 0 Å². The van der Waals surface area contributed by atoms with Crippen molar-refractivity contribution in [3.8, 4) is 17.7 Å². The van der Waals surface area contributed by atoms with E-state index in [2.05, 4.69) is 20.1 Å². The maximum Gasteiger partial charge on any atom is 0.328 e. The highest BCUT2D eigenvalue weighted by Gasteiger charge is 2.09. The van der Waals surface area contributed by atoms with E-state index in [1.807, 2.05) is 32.0 Å². The van der Waals surface area contributed by atoms with Gasteiger partial charge < -0.3 is 4.74 Å². The van der Waals surface area contributed by atoms with Crippen molar-refractivity contribution in [2.75, 3.05) is 0 Å². The number of ether oxygens (including phenoxy) is 1. The standard InChI is InChI=1S/C14H12ClN5O/c1-9-4-5-11(8-10(9)2)21-14-18-12(15)17-13(19-14)20-7-3-6-16-20/h3-8H,1-2H3. The zero-order valence-electron chi connectivity index (χ0n) is 11.5. The van der Waals surface area contributed by atoms with E-state index in [1.54, 1.807) is 18.5 Å². The van der Waals surface area contributed by atoms with Crippen molar-refractivity contribution in [2.45, 2.75) is 13.8 Å². The lowest BCUT2D eigenvalue weighted by atomic mass is 10.1. The minimum absolute atomic E-state index is 0.0503. The van der Waals surface area contributed by atoms with Crippen molar-refractivity contribution in [3.63, 3.8) is 0 Å². The van der Waals surface area contributed by atoms with E-state index in [0.29, 0.717) is 11.7 Å². The van der Waals surface area contributed by atoms with E-state index in [9.17, 15) is 0 Å². The number of benzene rings is 1. The molecule has 106 valence electrons. The Morgan fingerprint density at radius 2 is 1.95 bits per heavy atom. The molecule has 0 aliphatic rings. The second kappa shape index (κ2) is 5.49. The molecule has 0 fully saturated rings. The molecule has 0 spiro atoms. The minimum atomic E-state index is 0.0503. The largest absolute Gasteiger partial charge is 0.424 e. The van der Waals surface area contributed by atoms with Crippen LogP contribution in [0.1, 0.15) is 11.1 Å². The summed E-state index contributed by atoms with van der Waals surface area (Å²) in [6, 6.07) is 7.64. The second-order valence-electron chi connectivity index (χ2n) is 4.49. The zero-order valence-corrected chi connectivity index (χ0v) is 12.2. The van der Waals surface area contributed by atoms with E-state index in [0.717, 1.165) is 5.56 Å². The van der Waals surface area contributed by atoms with Gasteiger partial charge in [-0.1, -0.05) is 6.07 Å². The lowest BCUT2D eigenvalue weighted by molar-refractivity contribution is 0.437. The summed E-state index contributed by atoms with van der Waals surface area (Å²) in [6.45, 7) is 4.05. The predicted molar refractivity (Wildman–Crippen MR) is 77.9 cm³/mol. The van der Waals surface area contributed by atoms with Gasteiger partial charge in [0.25, 0.3) is 5.95 Å². The summed E-state index contributed by atoms with van der Waals surface area (Å²) in [4.78, 5) is 12.2. The Kier molecular flexibility index (Phi) is 3.53. The van der Waals surface area contributed by atoms with E-state index in [-0.39, 0.29) is 11.3 Å². The molecule has 0 atom stereocenters. The Balaban J connectivity index is 1.93. The van der Waals surface area contributed by atoms with E-state index < -0.39 is 0 Å². The summed E-state index contributed by atoms with van der Waals surface area (Å²) in [5, 5.41) is 4.10. The van der Waals surface area contributed by atoms with Gasteiger partial charge in [0.05, 0.1) is 0 Å². The molecular formula is C14H12ClN5O. The number of hydrogen-bond acceptors (Lipinski definition) is 5. The number of halogens is 1. The van der Waals surface area contributed by atoms with Crippen LogP contribution in [0.5, 0.6) is 11.8 Å². The van der Waals surface area contributed by atoms with Crippen molar-refractivity contribution in [2.24, 2.45) is 0 Å². The van der Waals surface area contributed by atoms with Gasteiger partial charge in [-0.15, -0.1) is 0 Å². The fourth-order valence-corrected chi connectivity index (χ4v) is 1.89. The maximum absolute atomic E-state index is 5.91. The zero-order chi connectivity index (χ0) is 14.8. The molecule has 6 nitrogen and oxygen atoms in total. The average Bonchev–Trinajstić information content (AvgIpc) is 2.96. The summed E-state index contributed by atoms with van der Waals surface area (Å²) in [5.41, 5.74) is 2.31. The molecule has 7 heteroatoms. The highest BCUT2D eigenvalue weighted by molar-refractivity contribution is 6.28. The first-order valence-electron chi connectivity index (χ1n) is 6.28. The molecule has 0 saturated heterocycles. The number of hydrogen-bond donors (Lipinski definition) is 0. The quantitative estimate of drug-likeness (QED) is 0.743. The summed E-state index contributed by atoms with van der Waals surface area (Å²) < 4.78 is 7.13. The minimum Gasteiger partial charge on any atom is -0.424 e. The third-order valence-electron chi connectivity index (χ3n) is 2.97. The molecule has 3 rings (SSSR count). The fraction of sp³-hybridized carbons (Fsp3) is 0.143. The first-order valence-corrected chi connectivity index (χ1v) is 6.66. The second-order valence-corrected chi connectivity index (χ2v) is 4.82. The molecule has 0 amide bonds. The summed E-state index contributed by atoms with van der Waals surface area (Å²) in [7, 11) is 0. The molecule has 0 unspecified atom stereocenters. The highest BCUT2D eigenvalue weighted by Crippen LogP contribution is 2.22. The van der Waals surface area contributed by atoms with Crippen LogP contribution in [-0.4, -0.2) is 24.7 Å². The van der Waals surface area contributed by atoms with Crippen LogP contribution in [0.25, 0.3) is 5.95 Å². The van der Waals surface area contributed by atoms with Crippen LogP contribution in [-0.2, 0) is 0 Å². The van der Waals surface area contributed by atoms with Gasteiger partial charge in [-0.25, -0.2) is 4.68 Å². The number of nitrogens with zero attached hydrogens (tertiary/aromatic N) is 5. The predicted octanol–water partition coefficient (Wildman–Crippen LogP) is 3.12. The summed E-state index contributed by atoms with van der Waals surface area (Å²) in [6.07, 6.45) is 3.34. The fourth-order valence-electron chi connectivity index (χ4n) is 1.74. The molecule has 0 N–H and O–H groups in total. The van der Waals surface area contributed by atoms with Crippen LogP contribution in [0.15, 0.2) is 36.7 Å². The molecule has 0 bridgehead atoms. The molecule has 2 heterocycles. The number of aromatic nitrogens is 5. The molecule has 3 aromatic rings. The Labute approximate surface area is 126 Å². The van der Waals surface area contributed by atoms with Crippen molar-refractivity contribution in [3.05, 3.63) is 53.1 Å². The van der Waals surface area contributed by atoms with Gasteiger partial charge in [0.1, 0.15) is 5.75 Å². The molecule has 0 aliphatic heterocycles. The third kappa shape index (κ3) is 3.00. The van der Waals surface area contributed by atoms with E-state index in [4.69, 9.17) is 16.3 Å². The smallest absolute Gasteiger partial charge is 0.328 e. The van der Waals surface area contributed by atoms with Crippen LogP contribution in [0, 0.1) is 13.8 Å². The lowest BCUT2D eigenvalue weighted by Crippen LogP contribution is -2.05. The Morgan fingerprint density at radius 3 is 2.67 bits per heavy atom. The Hall–Kier alpha value is -2.47. The van der Waals surface area contributed by atoms with Crippen LogP contribution in [0.2, 0.25) is 5.28 Å². The Bertz CT molecular complexity index is 773. The van der Waals surface area contributed by atoms with Crippen molar-refractivity contribution in [1.29, 1.82) is 0 Å². The van der Waals surface area contributed by atoms with Crippen LogP contribution in [0.4, 0.5) is 0 Å². The molecule has 2 aromatic heterocycles. The number of aryl methyl sites for hydroxylation is 2. The average molecular weight is 302 g/mol. The van der Waals surface area contributed by atoms with Crippen LogP contribution >= 0.6 is 11.6 Å². The molecule has 0 radical (unpaired) electrons. The van der Waals surface area contributed by atoms with Crippen LogP contribution < -0.4 is 4.74 Å². The third-order valence-corrected chi connectivity index (χ3v) is 3.14. The molecule has 0 saturated carbocycles. The summed E-state index contributed by atoms with van der Waals surface area (Å²) in [5.74, 6) is 0.950. The van der Waals surface area contributed by atoms with Crippen LogP contribution in [0.3, 0.4) is 0 Å².